The van der Waals surface area contributed by atoms with Crippen LogP contribution in [0.2, 0.25) is 0 Å². The summed E-state index contributed by atoms with van der Waals surface area (Å²) in [6.07, 6.45) is -0.477. The fraction of sp³-hybridized carbons (Fsp3) is 0.571. The number of anilines is 1. The maximum absolute atomic E-state index is 13.8. The van der Waals surface area contributed by atoms with Gasteiger partial charge in [0.15, 0.2) is 6.04 Å². The smallest absolute Gasteiger partial charge is 0.367 e. The molecule has 3 atom stereocenters. The van der Waals surface area contributed by atoms with Crippen LogP contribution in [0.4, 0.5) is 19.0 Å². The van der Waals surface area contributed by atoms with Crippen molar-refractivity contribution in [3.05, 3.63) is 41.9 Å². The van der Waals surface area contributed by atoms with Gasteiger partial charge in [-0.05, 0) is 43.7 Å². The highest BCUT2D eigenvalue weighted by Gasteiger charge is 2.47. The van der Waals surface area contributed by atoms with E-state index in [1.807, 2.05) is 13.8 Å². The van der Waals surface area contributed by atoms with Gasteiger partial charge in [-0.3, -0.25) is 9.78 Å². The van der Waals surface area contributed by atoms with Gasteiger partial charge in [0.2, 0.25) is 0 Å². The molecule has 0 spiro atoms. The molecule has 0 aliphatic carbocycles. The average Bonchev–Trinajstić information content (AvgIpc) is 3.16. The van der Waals surface area contributed by atoms with Crippen LogP contribution in [-0.4, -0.2) is 44.3 Å². The second kappa shape index (κ2) is 7.92. The Morgan fingerprint density at radius 3 is 2.73 bits per heavy atom. The van der Waals surface area contributed by atoms with Gasteiger partial charge < -0.3 is 10.2 Å². The van der Waals surface area contributed by atoms with Crippen molar-refractivity contribution in [3.8, 4) is 0 Å². The first-order valence-corrected chi connectivity index (χ1v) is 10.4. The van der Waals surface area contributed by atoms with Crippen molar-refractivity contribution < 1.29 is 18.0 Å². The van der Waals surface area contributed by atoms with Gasteiger partial charge in [0.25, 0.3) is 5.91 Å². The normalized spacial score (nSPS) is 24.5. The third kappa shape index (κ3) is 3.89. The summed E-state index contributed by atoms with van der Waals surface area (Å²) in [6.45, 7) is 4.35. The Labute approximate surface area is 173 Å². The number of fused-ring (bicyclic) bond motifs is 1. The van der Waals surface area contributed by atoms with E-state index in [-0.39, 0.29) is 30.3 Å². The molecule has 2 aliphatic heterocycles. The minimum Gasteiger partial charge on any atom is -0.367 e. The predicted octanol–water partition coefficient (Wildman–Crippen LogP) is 4.59. The summed E-state index contributed by atoms with van der Waals surface area (Å²) < 4.78 is 42.4. The molecular weight excluding hydrogens is 395 g/mol. The molecule has 0 radical (unpaired) electrons. The number of alkyl halides is 3. The summed E-state index contributed by atoms with van der Waals surface area (Å²) in [5.74, 6) is 0.207. The summed E-state index contributed by atoms with van der Waals surface area (Å²) >= 11 is 0. The monoisotopic (exact) mass is 421 g/mol. The maximum Gasteiger partial charge on any atom is 0.410 e. The molecule has 1 fully saturated rings. The molecule has 1 unspecified atom stereocenters. The van der Waals surface area contributed by atoms with Gasteiger partial charge in [-0.2, -0.15) is 18.3 Å². The molecule has 9 heteroatoms. The Morgan fingerprint density at radius 1 is 1.27 bits per heavy atom. The number of nitrogens with zero attached hydrogens (tertiary/aromatic N) is 4. The molecular formula is C21H26F3N5O. The molecule has 6 nitrogen and oxygen atoms in total. The van der Waals surface area contributed by atoms with E-state index >= 15 is 0 Å². The van der Waals surface area contributed by atoms with Gasteiger partial charge in [-0.15, -0.1) is 0 Å². The maximum atomic E-state index is 13.8. The number of nitrogens with one attached hydrogen (secondary N) is 1. The fourth-order valence-electron chi connectivity index (χ4n) is 4.34. The van der Waals surface area contributed by atoms with Crippen molar-refractivity contribution in [2.75, 3.05) is 11.9 Å². The number of amides is 1. The first-order valence-electron chi connectivity index (χ1n) is 10.4. The highest BCUT2D eigenvalue weighted by atomic mass is 19.4. The lowest BCUT2D eigenvalue weighted by molar-refractivity contribution is -0.174. The second-order valence-electron chi connectivity index (χ2n) is 8.41. The van der Waals surface area contributed by atoms with Gasteiger partial charge in [0.1, 0.15) is 11.5 Å². The van der Waals surface area contributed by atoms with Crippen LogP contribution in [0.3, 0.4) is 0 Å². The van der Waals surface area contributed by atoms with Crippen LogP contribution in [0.25, 0.3) is 0 Å². The number of halogens is 3. The molecule has 2 aliphatic rings. The number of pyridine rings is 1. The molecule has 30 heavy (non-hydrogen) atoms. The van der Waals surface area contributed by atoms with E-state index in [4.69, 9.17) is 0 Å². The second-order valence-corrected chi connectivity index (χ2v) is 8.41. The molecule has 0 bridgehead atoms. The first-order chi connectivity index (χ1) is 14.3. The summed E-state index contributed by atoms with van der Waals surface area (Å²) in [4.78, 5) is 18.9. The average molecular weight is 421 g/mol. The largest absolute Gasteiger partial charge is 0.410 e. The Hall–Kier alpha value is -2.58. The van der Waals surface area contributed by atoms with Crippen LogP contribution in [-0.2, 0) is 0 Å². The molecule has 1 saturated heterocycles. The van der Waals surface area contributed by atoms with E-state index in [0.717, 1.165) is 17.5 Å². The van der Waals surface area contributed by atoms with E-state index in [2.05, 4.69) is 15.4 Å². The van der Waals surface area contributed by atoms with Gasteiger partial charge in [0.05, 0.1) is 11.7 Å². The fourth-order valence-corrected chi connectivity index (χ4v) is 4.34. The van der Waals surface area contributed by atoms with E-state index in [1.165, 1.54) is 0 Å². The van der Waals surface area contributed by atoms with Crippen molar-refractivity contribution in [1.82, 2.24) is 19.7 Å². The summed E-state index contributed by atoms with van der Waals surface area (Å²) in [5, 5.41) is 7.58. The Balaban J connectivity index is 1.67. The zero-order chi connectivity index (χ0) is 21.5. The van der Waals surface area contributed by atoms with Crippen molar-refractivity contribution in [1.29, 1.82) is 0 Å². The Morgan fingerprint density at radius 2 is 2.07 bits per heavy atom. The minimum absolute atomic E-state index is 0.0545. The molecule has 2 aromatic heterocycles. The Bertz CT molecular complexity index is 896. The summed E-state index contributed by atoms with van der Waals surface area (Å²) in [6, 6.07) is 4.51. The topological polar surface area (TPSA) is 63.1 Å². The van der Waals surface area contributed by atoms with E-state index in [0.29, 0.717) is 30.2 Å². The zero-order valence-corrected chi connectivity index (χ0v) is 17.1. The van der Waals surface area contributed by atoms with E-state index in [1.54, 1.807) is 35.4 Å². The molecule has 2 aromatic rings. The SMILES string of the molecule is CC(C)[C@@H]1C[C@H](C(F)(F)F)n2nc(C3CCCCN3C(=O)c3ccccn3)cc2N1. The lowest BCUT2D eigenvalue weighted by atomic mass is 9.94. The Kier molecular flexibility index (Phi) is 5.46. The number of carbonyl (C=O) groups is 1. The highest BCUT2D eigenvalue weighted by Crippen LogP contribution is 2.42. The van der Waals surface area contributed by atoms with E-state index < -0.39 is 12.2 Å². The number of hydrogen-bond acceptors (Lipinski definition) is 4. The van der Waals surface area contributed by atoms with Crippen LogP contribution in [0.5, 0.6) is 0 Å². The van der Waals surface area contributed by atoms with Gasteiger partial charge in [-0.1, -0.05) is 19.9 Å². The number of aromatic nitrogens is 3. The zero-order valence-electron chi connectivity index (χ0n) is 17.1. The van der Waals surface area contributed by atoms with Crippen molar-refractivity contribution in [3.63, 3.8) is 0 Å². The van der Waals surface area contributed by atoms with Crippen molar-refractivity contribution >= 4 is 11.7 Å². The van der Waals surface area contributed by atoms with Gasteiger partial charge >= 0.3 is 6.18 Å². The molecule has 0 aromatic carbocycles. The minimum atomic E-state index is -4.39. The predicted molar refractivity (Wildman–Crippen MR) is 106 cm³/mol. The molecule has 1 amide bonds. The molecule has 4 rings (SSSR count). The van der Waals surface area contributed by atoms with Gasteiger partial charge in [-0.25, -0.2) is 4.68 Å². The quantitative estimate of drug-likeness (QED) is 0.788. The molecule has 0 saturated carbocycles. The number of likely N-dealkylation sites (tertiary alicyclic amines) is 1. The van der Waals surface area contributed by atoms with Crippen molar-refractivity contribution in [2.45, 2.75) is 63.8 Å². The first kappa shape index (κ1) is 20.7. The highest BCUT2D eigenvalue weighted by molar-refractivity contribution is 5.92. The third-order valence-electron chi connectivity index (χ3n) is 6.03. The number of rotatable bonds is 3. The van der Waals surface area contributed by atoms with Crippen molar-refractivity contribution in [2.24, 2.45) is 5.92 Å². The third-order valence-corrected chi connectivity index (χ3v) is 6.03. The summed E-state index contributed by atoms with van der Waals surface area (Å²) in [5.41, 5.74) is 0.833. The molecule has 162 valence electrons. The number of hydrogen-bond donors (Lipinski definition) is 1. The number of piperidine rings is 1. The van der Waals surface area contributed by atoms with Crippen LogP contribution in [0.1, 0.15) is 67.8 Å². The molecule has 4 heterocycles. The van der Waals surface area contributed by atoms with Crippen LogP contribution in [0.15, 0.2) is 30.5 Å². The lowest BCUT2D eigenvalue weighted by Crippen LogP contribution is -2.41. The molecule has 1 N–H and O–H groups in total. The number of carbonyl (C=O) groups excluding carboxylic acids is 1. The van der Waals surface area contributed by atoms with E-state index in [9.17, 15) is 18.0 Å². The van der Waals surface area contributed by atoms with Crippen LogP contribution in [0, 0.1) is 5.92 Å². The van der Waals surface area contributed by atoms with Crippen LogP contribution >= 0.6 is 0 Å². The van der Waals surface area contributed by atoms with Gasteiger partial charge in [0, 0.05) is 24.8 Å². The standard InChI is InChI=1S/C21H26F3N5O/c1-13(2)15-11-18(21(22,23)24)29-19(26-15)12-16(27-29)17-8-4-6-10-28(17)20(30)14-7-3-5-9-25-14/h3,5,7,9,12-13,15,17-18,26H,4,6,8,10-11H2,1-2H3/t15-,17?,18+/m0/s1. The summed E-state index contributed by atoms with van der Waals surface area (Å²) in [7, 11) is 0. The lowest BCUT2D eigenvalue weighted by Gasteiger charge is -2.35. The van der Waals surface area contributed by atoms with Crippen LogP contribution < -0.4 is 5.32 Å².